The van der Waals surface area contributed by atoms with Crippen LogP contribution >= 0.6 is 0 Å². The summed E-state index contributed by atoms with van der Waals surface area (Å²) in [4.78, 5) is 0. The van der Waals surface area contributed by atoms with Crippen molar-refractivity contribution in [2.75, 3.05) is 0 Å². The van der Waals surface area contributed by atoms with Crippen LogP contribution in [0.15, 0.2) is 0 Å². The van der Waals surface area contributed by atoms with Crippen molar-refractivity contribution in [1.82, 2.24) is 0 Å². The second kappa shape index (κ2) is 3.35. The summed E-state index contributed by atoms with van der Waals surface area (Å²) in [6.07, 6.45) is 1.52. The lowest BCUT2D eigenvalue weighted by Crippen LogP contribution is -2.39. The fourth-order valence-corrected chi connectivity index (χ4v) is 1.66. The summed E-state index contributed by atoms with van der Waals surface area (Å²) in [6.45, 7) is 8.64. The number of aliphatic hydroxyl groups excluding tert-OH is 1. The van der Waals surface area contributed by atoms with Crippen LogP contribution in [-0.2, 0) is 4.74 Å². The molecule has 2 heteroatoms. The van der Waals surface area contributed by atoms with E-state index < -0.39 is 6.29 Å². The van der Waals surface area contributed by atoms with Crippen molar-refractivity contribution in [3.63, 3.8) is 0 Å². The minimum absolute atomic E-state index is 0.148. The number of hydrogen-bond donors (Lipinski definition) is 1. The summed E-state index contributed by atoms with van der Waals surface area (Å²) in [5.74, 6) is 0.581. The van der Waals surface area contributed by atoms with E-state index in [2.05, 4.69) is 27.7 Å². The van der Waals surface area contributed by atoms with Crippen LogP contribution in [-0.4, -0.2) is 17.5 Å². The fraction of sp³-hybridized carbons (Fsp3) is 1.00. The van der Waals surface area contributed by atoms with Gasteiger partial charge in [-0.1, -0.05) is 27.7 Å². The SMILES string of the molecule is C[C@@H]1CC(O)O[C@@H](C(C)(C)C)C1. The van der Waals surface area contributed by atoms with Crippen LogP contribution in [0.1, 0.15) is 40.5 Å². The van der Waals surface area contributed by atoms with Gasteiger partial charge in [-0.05, 0) is 17.8 Å². The van der Waals surface area contributed by atoms with Crippen molar-refractivity contribution in [2.45, 2.75) is 52.9 Å². The smallest absolute Gasteiger partial charge is 0.155 e. The average Bonchev–Trinajstić information content (AvgIpc) is 1.82. The zero-order chi connectivity index (χ0) is 9.35. The Hall–Kier alpha value is -0.0800. The van der Waals surface area contributed by atoms with Gasteiger partial charge in [0.25, 0.3) is 0 Å². The summed E-state index contributed by atoms with van der Waals surface area (Å²) < 4.78 is 5.48. The molecule has 0 saturated carbocycles. The van der Waals surface area contributed by atoms with Crippen LogP contribution in [0.25, 0.3) is 0 Å². The fourth-order valence-electron chi connectivity index (χ4n) is 1.66. The van der Waals surface area contributed by atoms with E-state index in [0.29, 0.717) is 5.92 Å². The quantitative estimate of drug-likeness (QED) is 0.606. The van der Waals surface area contributed by atoms with E-state index >= 15 is 0 Å². The third-order valence-corrected chi connectivity index (χ3v) is 2.51. The van der Waals surface area contributed by atoms with Gasteiger partial charge in [-0.3, -0.25) is 0 Å². The Kier molecular flexibility index (Phi) is 2.79. The third kappa shape index (κ3) is 2.46. The van der Waals surface area contributed by atoms with Gasteiger partial charge in [0, 0.05) is 6.42 Å². The summed E-state index contributed by atoms with van der Waals surface area (Å²) >= 11 is 0. The highest BCUT2D eigenvalue weighted by molar-refractivity contribution is 4.80. The molecule has 3 atom stereocenters. The monoisotopic (exact) mass is 172 g/mol. The molecular formula is C10H20O2. The first-order valence-corrected chi connectivity index (χ1v) is 4.73. The maximum atomic E-state index is 9.39. The van der Waals surface area contributed by atoms with Crippen LogP contribution in [0.4, 0.5) is 0 Å². The van der Waals surface area contributed by atoms with Crippen LogP contribution in [0.5, 0.6) is 0 Å². The summed E-state index contributed by atoms with van der Waals surface area (Å²) in [6, 6.07) is 0. The molecule has 1 fully saturated rings. The van der Waals surface area contributed by atoms with E-state index in [1.165, 1.54) is 0 Å². The van der Waals surface area contributed by atoms with Crippen molar-refractivity contribution in [2.24, 2.45) is 11.3 Å². The zero-order valence-electron chi connectivity index (χ0n) is 8.50. The molecule has 1 heterocycles. The predicted octanol–water partition coefficient (Wildman–Crippen LogP) is 2.17. The summed E-state index contributed by atoms with van der Waals surface area (Å²) in [5.41, 5.74) is 0.148. The maximum Gasteiger partial charge on any atom is 0.155 e. The second-order valence-electron chi connectivity index (χ2n) is 5.02. The predicted molar refractivity (Wildman–Crippen MR) is 48.7 cm³/mol. The van der Waals surface area contributed by atoms with Gasteiger partial charge in [0.1, 0.15) is 0 Å². The average molecular weight is 172 g/mol. The van der Waals surface area contributed by atoms with Crippen LogP contribution < -0.4 is 0 Å². The lowest BCUT2D eigenvalue weighted by Gasteiger charge is -2.38. The zero-order valence-corrected chi connectivity index (χ0v) is 8.50. The molecule has 2 nitrogen and oxygen atoms in total. The van der Waals surface area contributed by atoms with Crippen molar-refractivity contribution < 1.29 is 9.84 Å². The van der Waals surface area contributed by atoms with Gasteiger partial charge in [-0.25, -0.2) is 0 Å². The highest BCUT2D eigenvalue weighted by Crippen LogP contribution is 2.33. The molecule has 0 spiro atoms. The Morgan fingerprint density at radius 1 is 1.25 bits per heavy atom. The molecule has 72 valence electrons. The molecule has 0 aromatic heterocycles. The Labute approximate surface area is 74.9 Å². The van der Waals surface area contributed by atoms with Gasteiger partial charge in [-0.2, -0.15) is 0 Å². The van der Waals surface area contributed by atoms with Crippen molar-refractivity contribution in [1.29, 1.82) is 0 Å². The van der Waals surface area contributed by atoms with Crippen molar-refractivity contribution in [3.05, 3.63) is 0 Å². The molecule has 0 bridgehead atoms. The molecule has 0 aromatic carbocycles. The molecule has 1 unspecified atom stereocenters. The molecule has 12 heavy (non-hydrogen) atoms. The molecule has 1 N–H and O–H groups in total. The minimum Gasteiger partial charge on any atom is -0.368 e. The molecule has 1 aliphatic rings. The molecule has 0 amide bonds. The Balaban J connectivity index is 2.55. The molecule has 0 radical (unpaired) electrons. The van der Waals surface area contributed by atoms with Crippen molar-refractivity contribution in [3.8, 4) is 0 Å². The van der Waals surface area contributed by atoms with Gasteiger partial charge >= 0.3 is 0 Å². The highest BCUT2D eigenvalue weighted by Gasteiger charge is 2.33. The maximum absolute atomic E-state index is 9.39. The molecular weight excluding hydrogens is 152 g/mol. The van der Waals surface area contributed by atoms with E-state index in [1.54, 1.807) is 0 Å². The summed E-state index contributed by atoms with van der Waals surface area (Å²) in [7, 11) is 0. The van der Waals surface area contributed by atoms with Gasteiger partial charge in [-0.15, -0.1) is 0 Å². The third-order valence-electron chi connectivity index (χ3n) is 2.51. The molecule has 0 aromatic rings. The molecule has 1 rings (SSSR count). The Morgan fingerprint density at radius 3 is 2.25 bits per heavy atom. The molecule has 0 aliphatic carbocycles. The first-order chi connectivity index (χ1) is 5.39. The lowest BCUT2D eigenvalue weighted by atomic mass is 9.81. The largest absolute Gasteiger partial charge is 0.368 e. The Morgan fingerprint density at radius 2 is 1.83 bits per heavy atom. The number of aliphatic hydroxyl groups is 1. The van der Waals surface area contributed by atoms with E-state index in [1.807, 2.05) is 0 Å². The van der Waals surface area contributed by atoms with E-state index in [-0.39, 0.29) is 11.5 Å². The number of rotatable bonds is 0. The first-order valence-electron chi connectivity index (χ1n) is 4.73. The lowest BCUT2D eigenvalue weighted by molar-refractivity contribution is -0.201. The Bertz CT molecular complexity index is 138. The normalized spacial score (nSPS) is 38.2. The number of ether oxygens (including phenoxy) is 1. The molecule has 1 aliphatic heterocycles. The van der Waals surface area contributed by atoms with Gasteiger partial charge in [0.05, 0.1) is 6.10 Å². The standard InChI is InChI=1S/C10H20O2/c1-7-5-8(10(2,3)4)12-9(11)6-7/h7-9,11H,5-6H2,1-4H3/t7-,8+,9?/m0/s1. The van der Waals surface area contributed by atoms with E-state index in [0.717, 1.165) is 12.8 Å². The first kappa shape index (κ1) is 10.0. The van der Waals surface area contributed by atoms with Gasteiger partial charge in [0.15, 0.2) is 6.29 Å². The second-order valence-corrected chi connectivity index (χ2v) is 5.02. The number of hydrogen-bond acceptors (Lipinski definition) is 2. The minimum atomic E-state index is -0.544. The summed E-state index contributed by atoms with van der Waals surface area (Å²) in [5, 5.41) is 9.39. The van der Waals surface area contributed by atoms with Crippen LogP contribution in [0.3, 0.4) is 0 Å². The van der Waals surface area contributed by atoms with Gasteiger partial charge < -0.3 is 9.84 Å². The highest BCUT2D eigenvalue weighted by atomic mass is 16.6. The molecule has 1 saturated heterocycles. The van der Waals surface area contributed by atoms with Gasteiger partial charge in [0.2, 0.25) is 0 Å². The topological polar surface area (TPSA) is 29.5 Å². The van der Waals surface area contributed by atoms with Crippen LogP contribution in [0.2, 0.25) is 0 Å². The van der Waals surface area contributed by atoms with Crippen molar-refractivity contribution >= 4 is 0 Å². The van der Waals surface area contributed by atoms with Crippen LogP contribution in [0, 0.1) is 11.3 Å². The van der Waals surface area contributed by atoms with E-state index in [9.17, 15) is 5.11 Å². The van der Waals surface area contributed by atoms with E-state index in [4.69, 9.17) is 4.74 Å².